The van der Waals surface area contributed by atoms with Crippen molar-refractivity contribution in [2.75, 3.05) is 26.7 Å². The van der Waals surface area contributed by atoms with Gasteiger partial charge in [-0.3, -0.25) is 4.79 Å². The highest BCUT2D eigenvalue weighted by molar-refractivity contribution is 5.94. The molecule has 0 radical (unpaired) electrons. The molecule has 1 saturated heterocycles. The summed E-state index contributed by atoms with van der Waals surface area (Å²) < 4.78 is 5.16. The Bertz CT molecular complexity index is 420. The zero-order valence-corrected chi connectivity index (χ0v) is 11.0. The molecule has 1 N–H and O–H groups in total. The lowest BCUT2D eigenvalue weighted by molar-refractivity contribution is 0.0706. The summed E-state index contributed by atoms with van der Waals surface area (Å²) in [4.78, 5) is 14.4. The van der Waals surface area contributed by atoms with E-state index < -0.39 is 0 Å². The summed E-state index contributed by atoms with van der Waals surface area (Å²) in [5, 5.41) is 3.34. The molecule has 0 saturated carbocycles. The van der Waals surface area contributed by atoms with E-state index in [1.807, 2.05) is 23.1 Å². The number of hydrogen-bond donors (Lipinski definition) is 1. The molecule has 1 unspecified atom stereocenters. The molecule has 1 atom stereocenters. The van der Waals surface area contributed by atoms with Gasteiger partial charge in [0.1, 0.15) is 5.75 Å². The summed E-state index contributed by atoms with van der Waals surface area (Å²) in [6, 6.07) is 7.58. The molecule has 98 valence electrons. The zero-order valence-electron chi connectivity index (χ0n) is 11.0. The number of benzene rings is 1. The molecular weight excluding hydrogens is 228 g/mol. The minimum Gasteiger partial charge on any atom is -0.497 e. The first-order valence-corrected chi connectivity index (χ1v) is 6.38. The molecule has 1 aromatic carbocycles. The average Bonchev–Trinajstić information content (AvgIpc) is 2.62. The predicted octanol–water partition coefficient (Wildman–Crippen LogP) is 1.52. The van der Waals surface area contributed by atoms with E-state index >= 15 is 0 Å². The second-order valence-corrected chi connectivity index (χ2v) is 4.64. The maximum atomic E-state index is 12.5. The monoisotopic (exact) mass is 248 g/mol. The molecule has 0 spiro atoms. The van der Waals surface area contributed by atoms with Gasteiger partial charge in [-0.25, -0.2) is 0 Å². The summed E-state index contributed by atoms with van der Waals surface area (Å²) in [7, 11) is 1.61. The van der Waals surface area contributed by atoms with Crippen molar-refractivity contribution >= 4 is 5.91 Å². The van der Waals surface area contributed by atoms with Gasteiger partial charge in [0.05, 0.1) is 7.11 Å². The molecular formula is C14H20N2O2. The van der Waals surface area contributed by atoms with Gasteiger partial charge < -0.3 is 15.0 Å². The quantitative estimate of drug-likeness (QED) is 0.862. The summed E-state index contributed by atoms with van der Waals surface area (Å²) in [5.41, 5.74) is 0.697. The van der Waals surface area contributed by atoms with Gasteiger partial charge >= 0.3 is 0 Å². The topological polar surface area (TPSA) is 41.6 Å². The number of carbonyl (C=O) groups excluding carboxylic acids is 1. The fraction of sp³-hybridized carbons (Fsp3) is 0.500. The molecule has 0 bridgehead atoms. The Morgan fingerprint density at radius 3 is 3.11 bits per heavy atom. The number of hydrogen-bond acceptors (Lipinski definition) is 3. The Morgan fingerprint density at radius 2 is 2.33 bits per heavy atom. The smallest absolute Gasteiger partial charge is 0.254 e. The van der Waals surface area contributed by atoms with E-state index in [1.54, 1.807) is 13.2 Å². The molecule has 1 heterocycles. The first-order valence-electron chi connectivity index (χ1n) is 6.38. The van der Waals surface area contributed by atoms with Crippen molar-refractivity contribution in [2.45, 2.75) is 19.4 Å². The Balaban J connectivity index is 2.18. The summed E-state index contributed by atoms with van der Waals surface area (Å²) in [5.74, 6) is 0.812. The Labute approximate surface area is 108 Å². The predicted molar refractivity (Wildman–Crippen MR) is 71.0 cm³/mol. The third-order valence-corrected chi connectivity index (χ3v) is 3.30. The van der Waals surface area contributed by atoms with E-state index in [1.165, 1.54) is 0 Å². The summed E-state index contributed by atoms with van der Waals surface area (Å²) >= 11 is 0. The standard InChI is InChI=1S/C14H20N2O2/c1-11-10-15-7-4-8-16(11)14(17)12-5-3-6-13(9-12)18-2/h3,5-6,9,11,15H,4,7-8,10H2,1-2H3. The van der Waals surface area contributed by atoms with Crippen LogP contribution in [0.25, 0.3) is 0 Å². The van der Waals surface area contributed by atoms with Crippen molar-refractivity contribution in [3.63, 3.8) is 0 Å². The molecule has 4 nitrogen and oxygen atoms in total. The largest absolute Gasteiger partial charge is 0.497 e. The highest BCUT2D eigenvalue weighted by Gasteiger charge is 2.22. The molecule has 18 heavy (non-hydrogen) atoms. The molecule has 2 rings (SSSR count). The Morgan fingerprint density at radius 1 is 1.50 bits per heavy atom. The third-order valence-electron chi connectivity index (χ3n) is 3.30. The number of rotatable bonds is 2. The fourth-order valence-corrected chi connectivity index (χ4v) is 2.24. The number of ether oxygens (including phenoxy) is 1. The number of methoxy groups -OCH3 is 1. The van der Waals surface area contributed by atoms with Gasteiger partial charge in [-0.2, -0.15) is 0 Å². The molecule has 1 aliphatic heterocycles. The van der Waals surface area contributed by atoms with Crippen LogP contribution in [0.4, 0.5) is 0 Å². The van der Waals surface area contributed by atoms with Crippen molar-refractivity contribution < 1.29 is 9.53 Å². The lowest BCUT2D eigenvalue weighted by Gasteiger charge is -2.27. The van der Waals surface area contributed by atoms with Gasteiger partial charge in [-0.15, -0.1) is 0 Å². The summed E-state index contributed by atoms with van der Waals surface area (Å²) in [6.45, 7) is 4.72. The van der Waals surface area contributed by atoms with Crippen LogP contribution >= 0.6 is 0 Å². The molecule has 0 aromatic heterocycles. The van der Waals surface area contributed by atoms with Gasteiger partial charge in [0.25, 0.3) is 5.91 Å². The van der Waals surface area contributed by atoms with E-state index in [-0.39, 0.29) is 11.9 Å². The minimum atomic E-state index is 0.0881. The number of amides is 1. The second-order valence-electron chi connectivity index (χ2n) is 4.64. The first-order chi connectivity index (χ1) is 8.72. The third kappa shape index (κ3) is 2.82. The van der Waals surface area contributed by atoms with Crippen molar-refractivity contribution in [2.24, 2.45) is 0 Å². The number of nitrogens with zero attached hydrogens (tertiary/aromatic N) is 1. The van der Waals surface area contributed by atoms with Gasteiger partial charge in [0.15, 0.2) is 0 Å². The lowest BCUT2D eigenvalue weighted by atomic mass is 10.1. The highest BCUT2D eigenvalue weighted by Crippen LogP contribution is 2.16. The molecule has 0 aliphatic carbocycles. The number of carbonyl (C=O) groups is 1. The average molecular weight is 248 g/mol. The van der Waals surface area contributed by atoms with Crippen LogP contribution in [-0.4, -0.2) is 43.6 Å². The first kappa shape index (κ1) is 12.9. The fourth-order valence-electron chi connectivity index (χ4n) is 2.24. The van der Waals surface area contributed by atoms with E-state index in [0.717, 1.165) is 31.8 Å². The normalized spacial score (nSPS) is 20.3. The van der Waals surface area contributed by atoms with E-state index in [0.29, 0.717) is 5.56 Å². The SMILES string of the molecule is COc1cccc(C(=O)N2CCCNCC2C)c1. The maximum absolute atomic E-state index is 12.5. The van der Waals surface area contributed by atoms with Crippen LogP contribution < -0.4 is 10.1 Å². The minimum absolute atomic E-state index is 0.0881. The van der Waals surface area contributed by atoms with E-state index in [4.69, 9.17) is 4.74 Å². The maximum Gasteiger partial charge on any atom is 0.254 e. The van der Waals surface area contributed by atoms with Crippen molar-refractivity contribution in [3.8, 4) is 5.75 Å². The lowest BCUT2D eigenvalue weighted by Crippen LogP contribution is -2.41. The van der Waals surface area contributed by atoms with E-state index in [2.05, 4.69) is 12.2 Å². The Kier molecular flexibility index (Phi) is 4.20. The van der Waals surface area contributed by atoms with Gasteiger partial charge in [-0.1, -0.05) is 6.07 Å². The molecule has 1 aliphatic rings. The van der Waals surface area contributed by atoms with Crippen molar-refractivity contribution in [1.82, 2.24) is 10.2 Å². The van der Waals surface area contributed by atoms with Crippen LogP contribution in [-0.2, 0) is 0 Å². The van der Waals surface area contributed by atoms with Gasteiger partial charge in [0, 0.05) is 24.7 Å². The van der Waals surface area contributed by atoms with Crippen LogP contribution in [0.5, 0.6) is 5.75 Å². The van der Waals surface area contributed by atoms with Gasteiger partial charge in [0.2, 0.25) is 0 Å². The molecule has 4 heteroatoms. The number of nitrogens with one attached hydrogen (secondary N) is 1. The van der Waals surface area contributed by atoms with Crippen molar-refractivity contribution in [1.29, 1.82) is 0 Å². The zero-order chi connectivity index (χ0) is 13.0. The van der Waals surface area contributed by atoms with Crippen molar-refractivity contribution in [3.05, 3.63) is 29.8 Å². The van der Waals surface area contributed by atoms with Crippen LogP contribution in [0, 0.1) is 0 Å². The van der Waals surface area contributed by atoms with Crippen LogP contribution in [0.1, 0.15) is 23.7 Å². The van der Waals surface area contributed by atoms with E-state index in [9.17, 15) is 4.79 Å². The Hall–Kier alpha value is -1.55. The van der Waals surface area contributed by atoms with Crippen LogP contribution in [0.3, 0.4) is 0 Å². The molecule has 1 fully saturated rings. The second kappa shape index (κ2) is 5.87. The van der Waals surface area contributed by atoms with Crippen LogP contribution in [0.15, 0.2) is 24.3 Å². The van der Waals surface area contributed by atoms with Crippen LogP contribution in [0.2, 0.25) is 0 Å². The molecule has 1 aromatic rings. The summed E-state index contributed by atoms with van der Waals surface area (Å²) in [6.07, 6.45) is 1.00. The highest BCUT2D eigenvalue weighted by atomic mass is 16.5. The molecule has 1 amide bonds. The van der Waals surface area contributed by atoms with Gasteiger partial charge in [-0.05, 0) is 38.1 Å².